The molecule has 3 N–H and O–H groups in total. The van der Waals surface area contributed by atoms with Gasteiger partial charge in [-0.3, -0.25) is 9.59 Å². The lowest BCUT2D eigenvalue weighted by atomic mass is 10.3. The molecule has 1 unspecified atom stereocenters. The summed E-state index contributed by atoms with van der Waals surface area (Å²) in [6.45, 7) is 6.70. The van der Waals surface area contributed by atoms with Crippen LogP contribution in [-0.2, 0) is 9.59 Å². The SMILES string of the molecule is CC[NH+](CC(=O)Nc1ccc(SC(F)F)cc1)CC(=O)NC(C)C. The van der Waals surface area contributed by atoms with Crippen molar-refractivity contribution in [1.29, 1.82) is 0 Å². The van der Waals surface area contributed by atoms with Crippen LogP contribution in [0.1, 0.15) is 20.8 Å². The summed E-state index contributed by atoms with van der Waals surface area (Å²) in [5.74, 6) is -2.79. The van der Waals surface area contributed by atoms with Crippen LogP contribution < -0.4 is 15.5 Å². The molecule has 134 valence electrons. The molecule has 0 aliphatic carbocycles. The summed E-state index contributed by atoms with van der Waals surface area (Å²) in [7, 11) is 0. The van der Waals surface area contributed by atoms with Crippen LogP contribution in [0.15, 0.2) is 29.2 Å². The molecule has 0 fully saturated rings. The monoisotopic (exact) mass is 360 g/mol. The number of thioether (sulfide) groups is 1. The van der Waals surface area contributed by atoms with E-state index < -0.39 is 5.76 Å². The Morgan fingerprint density at radius 3 is 2.21 bits per heavy atom. The number of hydrogen-bond donors (Lipinski definition) is 3. The Morgan fingerprint density at radius 2 is 1.71 bits per heavy atom. The molecule has 0 aliphatic rings. The second kappa shape index (κ2) is 10.2. The Bertz CT molecular complexity index is 539. The first-order valence-corrected chi connectivity index (χ1v) is 8.65. The number of amides is 2. The second-order valence-electron chi connectivity index (χ2n) is 5.63. The molecule has 1 rings (SSSR count). The highest BCUT2D eigenvalue weighted by atomic mass is 32.2. The van der Waals surface area contributed by atoms with Crippen molar-refractivity contribution in [2.24, 2.45) is 0 Å². The zero-order valence-corrected chi connectivity index (χ0v) is 14.9. The number of rotatable bonds is 9. The maximum atomic E-state index is 12.3. The highest BCUT2D eigenvalue weighted by Gasteiger charge is 2.17. The minimum Gasteiger partial charge on any atom is -0.349 e. The van der Waals surface area contributed by atoms with Gasteiger partial charge in [0, 0.05) is 16.6 Å². The fourth-order valence-electron chi connectivity index (χ4n) is 2.06. The number of quaternary nitrogens is 1. The maximum Gasteiger partial charge on any atom is 0.288 e. The Hall–Kier alpha value is -1.67. The van der Waals surface area contributed by atoms with Crippen LogP contribution in [0.4, 0.5) is 14.5 Å². The van der Waals surface area contributed by atoms with Gasteiger partial charge in [-0.1, -0.05) is 11.8 Å². The summed E-state index contributed by atoms with van der Waals surface area (Å²) in [6.07, 6.45) is 0. The lowest BCUT2D eigenvalue weighted by Crippen LogP contribution is -3.14. The van der Waals surface area contributed by atoms with Crippen molar-refractivity contribution in [3.05, 3.63) is 24.3 Å². The van der Waals surface area contributed by atoms with Crippen molar-refractivity contribution in [2.75, 3.05) is 25.0 Å². The van der Waals surface area contributed by atoms with E-state index in [0.717, 1.165) is 4.90 Å². The molecule has 8 heteroatoms. The standard InChI is InChI=1S/C16H23F2N3O2S/c1-4-21(9-14(22)19-11(2)3)10-15(23)20-12-5-7-13(8-6-12)24-16(17)18/h5-8,11,16H,4,9-10H2,1-3H3,(H,19,22)(H,20,23)/p+1. The molecule has 1 aromatic rings. The normalized spacial score (nSPS) is 12.3. The molecule has 0 aliphatic heterocycles. The van der Waals surface area contributed by atoms with Crippen LogP contribution in [0.2, 0.25) is 0 Å². The molecule has 2 amide bonds. The topological polar surface area (TPSA) is 62.6 Å². The van der Waals surface area contributed by atoms with Crippen LogP contribution in [0.25, 0.3) is 0 Å². The average molecular weight is 360 g/mol. The number of carbonyl (C=O) groups is 2. The summed E-state index contributed by atoms with van der Waals surface area (Å²) >= 11 is 0.457. The molecule has 0 heterocycles. The van der Waals surface area contributed by atoms with Crippen molar-refractivity contribution in [3.63, 3.8) is 0 Å². The Morgan fingerprint density at radius 1 is 1.12 bits per heavy atom. The van der Waals surface area contributed by atoms with Crippen molar-refractivity contribution in [2.45, 2.75) is 37.5 Å². The fourth-order valence-corrected chi connectivity index (χ4v) is 2.56. The van der Waals surface area contributed by atoms with E-state index in [-0.39, 0.29) is 30.9 Å². The summed E-state index contributed by atoms with van der Waals surface area (Å²) < 4.78 is 24.5. The number of anilines is 1. The molecule has 0 saturated carbocycles. The molecular weight excluding hydrogens is 336 g/mol. The highest BCUT2D eigenvalue weighted by molar-refractivity contribution is 7.99. The molecule has 1 atom stereocenters. The van der Waals surface area contributed by atoms with E-state index in [0.29, 0.717) is 28.9 Å². The van der Waals surface area contributed by atoms with E-state index in [2.05, 4.69) is 10.6 Å². The quantitative estimate of drug-likeness (QED) is 0.583. The van der Waals surface area contributed by atoms with Crippen molar-refractivity contribution in [1.82, 2.24) is 5.32 Å². The van der Waals surface area contributed by atoms with E-state index in [1.54, 1.807) is 12.1 Å². The Kier molecular flexibility index (Phi) is 8.70. The number of hydrogen-bond acceptors (Lipinski definition) is 3. The second-order valence-corrected chi connectivity index (χ2v) is 6.69. The molecule has 24 heavy (non-hydrogen) atoms. The minimum absolute atomic E-state index is 0.0639. The van der Waals surface area contributed by atoms with Crippen molar-refractivity contribution in [3.8, 4) is 0 Å². The maximum absolute atomic E-state index is 12.3. The van der Waals surface area contributed by atoms with Gasteiger partial charge in [0.2, 0.25) is 0 Å². The number of benzene rings is 1. The molecule has 0 aromatic heterocycles. The van der Waals surface area contributed by atoms with E-state index in [1.807, 2.05) is 20.8 Å². The number of halogens is 2. The number of alkyl halides is 2. The first kappa shape index (κ1) is 20.4. The van der Waals surface area contributed by atoms with Gasteiger partial charge < -0.3 is 15.5 Å². The van der Waals surface area contributed by atoms with Crippen molar-refractivity contribution < 1.29 is 23.3 Å². The summed E-state index contributed by atoms with van der Waals surface area (Å²) in [6, 6.07) is 6.30. The summed E-state index contributed by atoms with van der Waals surface area (Å²) in [5, 5.41) is 5.51. The largest absolute Gasteiger partial charge is 0.349 e. The lowest BCUT2D eigenvalue weighted by molar-refractivity contribution is -0.881. The predicted molar refractivity (Wildman–Crippen MR) is 91.4 cm³/mol. The smallest absolute Gasteiger partial charge is 0.288 e. The molecule has 5 nitrogen and oxygen atoms in total. The Labute approximate surface area is 145 Å². The highest BCUT2D eigenvalue weighted by Crippen LogP contribution is 2.25. The average Bonchev–Trinajstić information content (AvgIpc) is 2.47. The number of nitrogens with one attached hydrogen (secondary N) is 3. The third-order valence-electron chi connectivity index (χ3n) is 3.13. The molecule has 0 radical (unpaired) electrons. The van der Waals surface area contributed by atoms with E-state index in [1.165, 1.54) is 12.1 Å². The van der Waals surface area contributed by atoms with Gasteiger partial charge in [0.05, 0.1) is 6.54 Å². The number of carbonyl (C=O) groups excluding carboxylic acids is 2. The van der Waals surface area contributed by atoms with Gasteiger partial charge in [0.15, 0.2) is 13.1 Å². The molecular formula is C16H24F2N3O2S+. The van der Waals surface area contributed by atoms with E-state index in [9.17, 15) is 18.4 Å². The lowest BCUT2D eigenvalue weighted by Gasteiger charge is -2.17. The minimum atomic E-state index is -2.47. The summed E-state index contributed by atoms with van der Waals surface area (Å²) in [4.78, 5) is 25.1. The van der Waals surface area contributed by atoms with E-state index in [4.69, 9.17) is 0 Å². The summed E-state index contributed by atoms with van der Waals surface area (Å²) in [5.41, 5.74) is 0.542. The third kappa shape index (κ3) is 8.26. The first-order chi connectivity index (χ1) is 11.3. The zero-order valence-electron chi connectivity index (χ0n) is 14.1. The van der Waals surface area contributed by atoms with Crippen LogP contribution in [0.5, 0.6) is 0 Å². The molecule has 0 bridgehead atoms. The predicted octanol–water partition coefficient (Wildman–Crippen LogP) is 1.37. The van der Waals surface area contributed by atoms with Crippen LogP contribution in [-0.4, -0.2) is 43.2 Å². The van der Waals surface area contributed by atoms with Crippen LogP contribution in [0, 0.1) is 0 Å². The molecule has 1 aromatic carbocycles. The van der Waals surface area contributed by atoms with Gasteiger partial charge in [0.1, 0.15) is 0 Å². The van der Waals surface area contributed by atoms with Crippen molar-refractivity contribution >= 4 is 29.3 Å². The first-order valence-electron chi connectivity index (χ1n) is 7.77. The molecule has 0 saturated heterocycles. The third-order valence-corrected chi connectivity index (χ3v) is 3.86. The van der Waals surface area contributed by atoms with Gasteiger partial charge in [-0.2, -0.15) is 8.78 Å². The zero-order chi connectivity index (χ0) is 18.1. The van der Waals surface area contributed by atoms with Crippen LogP contribution in [0.3, 0.4) is 0 Å². The van der Waals surface area contributed by atoms with Gasteiger partial charge >= 0.3 is 0 Å². The Balaban J connectivity index is 2.49. The van der Waals surface area contributed by atoms with Gasteiger partial charge in [-0.05, 0) is 45.0 Å². The van der Waals surface area contributed by atoms with Gasteiger partial charge in [-0.25, -0.2) is 0 Å². The number of likely N-dealkylation sites (N-methyl/N-ethyl adjacent to an activating group) is 1. The fraction of sp³-hybridized carbons (Fsp3) is 0.500. The van der Waals surface area contributed by atoms with Gasteiger partial charge in [0.25, 0.3) is 17.6 Å². The van der Waals surface area contributed by atoms with E-state index >= 15 is 0 Å². The van der Waals surface area contributed by atoms with Gasteiger partial charge in [-0.15, -0.1) is 0 Å². The molecule has 0 spiro atoms. The van der Waals surface area contributed by atoms with Crippen LogP contribution >= 0.6 is 11.8 Å².